The molecule has 0 aromatic heterocycles. The van der Waals surface area contributed by atoms with Gasteiger partial charge in [0.05, 0.1) is 0 Å². The highest BCUT2D eigenvalue weighted by Gasteiger charge is 2.20. The molecule has 0 radical (unpaired) electrons. The Labute approximate surface area is 96.2 Å². The number of hydrogen-bond acceptors (Lipinski definition) is 2. The number of hydrogen-bond donors (Lipinski definition) is 2. The Kier molecular flexibility index (Phi) is 3.25. The molecule has 1 saturated heterocycles. The summed E-state index contributed by atoms with van der Waals surface area (Å²) in [6, 6.07) is 6.05. The zero-order valence-electron chi connectivity index (χ0n) is 9.84. The minimum atomic E-state index is 0.129. The van der Waals surface area contributed by atoms with Gasteiger partial charge in [-0.2, -0.15) is 0 Å². The molecule has 3 nitrogen and oxygen atoms in total. The van der Waals surface area contributed by atoms with Crippen molar-refractivity contribution in [3.05, 3.63) is 29.3 Å². The van der Waals surface area contributed by atoms with Crippen molar-refractivity contribution in [3.8, 4) is 0 Å². The normalized spacial score (nSPS) is 15.6. The molecule has 2 rings (SSSR count). The van der Waals surface area contributed by atoms with Crippen molar-refractivity contribution < 1.29 is 4.79 Å². The molecular weight excluding hydrogens is 200 g/mol. The monoisotopic (exact) mass is 218 g/mol. The highest BCUT2D eigenvalue weighted by molar-refractivity contribution is 5.92. The Morgan fingerprint density at radius 1 is 1.38 bits per heavy atom. The number of benzene rings is 1. The number of anilines is 1. The van der Waals surface area contributed by atoms with Gasteiger partial charge in [-0.25, -0.2) is 0 Å². The standard InChI is InChI=1S/C13H18N2O/c1-9-4-3-5-10(2)13(9)15-12(16)6-11-7-14-8-11/h3-5,11,14H,6-8H2,1-2H3,(H,15,16). The van der Waals surface area contributed by atoms with Crippen LogP contribution in [0.4, 0.5) is 5.69 Å². The van der Waals surface area contributed by atoms with E-state index in [0.717, 1.165) is 29.9 Å². The third-order valence-electron chi connectivity index (χ3n) is 3.09. The molecule has 0 aliphatic carbocycles. The summed E-state index contributed by atoms with van der Waals surface area (Å²) in [5.41, 5.74) is 3.22. The van der Waals surface area contributed by atoms with Crippen LogP contribution in [0.5, 0.6) is 0 Å². The second kappa shape index (κ2) is 4.66. The molecule has 16 heavy (non-hydrogen) atoms. The predicted molar refractivity (Wildman–Crippen MR) is 65.5 cm³/mol. The molecule has 1 heterocycles. The summed E-state index contributed by atoms with van der Waals surface area (Å²) in [6.07, 6.45) is 0.626. The maximum atomic E-state index is 11.8. The summed E-state index contributed by atoms with van der Waals surface area (Å²) in [4.78, 5) is 11.8. The van der Waals surface area contributed by atoms with Gasteiger partial charge in [0, 0.05) is 12.1 Å². The fourth-order valence-electron chi connectivity index (χ4n) is 1.96. The van der Waals surface area contributed by atoms with Gasteiger partial charge in [-0.15, -0.1) is 0 Å². The minimum absolute atomic E-state index is 0.129. The van der Waals surface area contributed by atoms with Crippen molar-refractivity contribution in [2.75, 3.05) is 18.4 Å². The zero-order valence-corrected chi connectivity index (χ0v) is 9.84. The third-order valence-corrected chi connectivity index (χ3v) is 3.09. The summed E-state index contributed by atoms with van der Waals surface area (Å²) in [7, 11) is 0. The molecule has 0 bridgehead atoms. The van der Waals surface area contributed by atoms with Crippen LogP contribution in [-0.2, 0) is 4.79 Å². The van der Waals surface area contributed by atoms with Gasteiger partial charge in [0.2, 0.25) is 5.91 Å². The van der Waals surface area contributed by atoms with Gasteiger partial charge in [0.1, 0.15) is 0 Å². The first kappa shape index (κ1) is 11.1. The Hall–Kier alpha value is -1.35. The predicted octanol–water partition coefficient (Wildman–Crippen LogP) is 1.85. The highest BCUT2D eigenvalue weighted by Crippen LogP contribution is 2.20. The van der Waals surface area contributed by atoms with Gasteiger partial charge in [-0.05, 0) is 44.0 Å². The Bertz CT molecular complexity index is 377. The van der Waals surface area contributed by atoms with Gasteiger partial charge in [0.25, 0.3) is 0 Å². The van der Waals surface area contributed by atoms with Crippen LogP contribution in [0.3, 0.4) is 0 Å². The number of carbonyl (C=O) groups excluding carboxylic acids is 1. The van der Waals surface area contributed by atoms with Crippen LogP contribution in [0, 0.1) is 19.8 Å². The first-order valence-corrected chi connectivity index (χ1v) is 5.73. The smallest absolute Gasteiger partial charge is 0.224 e. The zero-order chi connectivity index (χ0) is 11.5. The van der Waals surface area contributed by atoms with Crippen LogP contribution < -0.4 is 10.6 Å². The van der Waals surface area contributed by atoms with E-state index in [1.165, 1.54) is 0 Å². The second-order valence-corrected chi connectivity index (χ2v) is 4.54. The summed E-state index contributed by atoms with van der Waals surface area (Å²) in [5.74, 6) is 0.647. The van der Waals surface area contributed by atoms with Crippen molar-refractivity contribution in [2.24, 2.45) is 5.92 Å². The van der Waals surface area contributed by atoms with Crippen molar-refractivity contribution in [1.29, 1.82) is 0 Å². The molecule has 1 aliphatic rings. The summed E-state index contributed by atoms with van der Waals surface area (Å²) in [5, 5.41) is 6.18. The fraction of sp³-hybridized carbons (Fsp3) is 0.462. The van der Waals surface area contributed by atoms with Crippen LogP contribution in [-0.4, -0.2) is 19.0 Å². The van der Waals surface area contributed by atoms with E-state index < -0.39 is 0 Å². The number of amides is 1. The molecule has 1 amide bonds. The number of nitrogens with one attached hydrogen (secondary N) is 2. The van der Waals surface area contributed by atoms with Crippen LogP contribution in [0.1, 0.15) is 17.5 Å². The van der Waals surface area contributed by atoms with Crippen LogP contribution in [0.25, 0.3) is 0 Å². The molecule has 0 saturated carbocycles. The lowest BCUT2D eigenvalue weighted by Crippen LogP contribution is -2.43. The average Bonchev–Trinajstić information content (AvgIpc) is 2.18. The quantitative estimate of drug-likeness (QED) is 0.813. The van der Waals surface area contributed by atoms with E-state index in [9.17, 15) is 4.79 Å². The van der Waals surface area contributed by atoms with E-state index in [1.54, 1.807) is 0 Å². The van der Waals surface area contributed by atoms with E-state index >= 15 is 0 Å². The maximum Gasteiger partial charge on any atom is 0.224 e. The summed E-state index contributed by atoms with van der Waals surface area (Å²) < 4.78 is 0. The highest BCUT2D eigenvalue weighted by atomic mass is 16.1. The van der Waals surface area contributed by atoms with Gasteiger partial charge in [0.15, 0.2) is 0 Å². The first-order chi connectivity index (χ1) is 7.66. The fourth-order valence-corrected chi connectivity index (χ4v) is 1.96. The van der Waals surface area contributed by atoms with Crippen LogP contribution in [0.15, 0.2) is 18.2 Å². The molecule has 1 aromatic rings. The lowest BCUT2D eigenvalue weighted by Gasteiger charge is -2.26. The molecule has 0 spiro atoms. The molecule has 0 atom stereocenters. The molecule has 1 fully saturated rings. The van der Waals surface area contributed by atoms with Crippen molar-refractivity contribution in [2.45, 2.75) is 20.3 Å². The summed E-state index contributed by atoms with van der Waals surface area (Å²) >= 11 is 0. The van der Waals surface area contributed by atoms with E-state index in [1.807, 2.05) is 32.0 Å². The number of aryl methyl sites for hydroxylation is 2. The third kappa shape index (κ3) is 2.42. The Morgan fingerprint density at radius 3 is 2.50 bits per heavy atom. The lowest BCUT2D eigenvalue weighted by molar-refractivity contribution is -0.117. The molecule has 86 valence electrons. The largest absolute Gasteiger partial charge is 0.326 e. The lowest BCUT2D eigenvalue weighted by atomic mass is 9.99. The first-order valence-electron chi connectivity index (χ1n) is 5.73. The molecule has 2 N–H and O–H groups in total. The Balaban J connectivity index is 1.99. The topological polar surface area (TPSA) is 41.1 Å². The van der Waals surface area contributed by atoms with Crippen LogP contribution >= 0.6 is 0 Å². The Morgan fingerprint density at radius 2 is 2.00 bits per heavy atom. The molecular formula is C13H18N2O. The minimum Gasteiger partial charge on any atom is -0.326 e. The molecule has 1 aliphatic heterocycles. The molecule has 3 heteroatoms. The van der Waals surface area contributed by atoms with Crippen LogP contribution in [0.2, 0.25) is 0 Å². The van der Waals surface area contributed by atoms with Crippen molar-refractivity contribution in [1.82, 2.24) is 5.32 Å². The van der Waals surface area contributed by atoms with E-state index in [4.69, 9.17) is 0 Å². The maximum absolute atomic E-state index is 11.8. The van der Waals surface area contributed by atoms with Gasteiger partial charge in [-0.3, -0.25) is 4.79 Å². The average molecular weight is 218 g/mol. The molecule has 0 unspecified atom stereocenters. The number of carbonyl (C=O) groups is 1. The number of rotatable bonds is 3. The van der Waals surface area contributed by atoms with E-state index in [2.05, 4.69) is 10.6 Å². The van der Waals surface area contributed by atoms with Gasteiger partial charge in [-0.1, -0.05) is 18.2 Å². The van der Waals surface area contributed by atoms with Crippen molar-refractivity contribution >= 4 is 11.6 Å². The van der Waals surface area contributed by atoms with Gasteiger partial charge < -0.3 is 10.6 Å². The summed E-state index contributed by atoms with van der Waals surface area (Å²) in [6.45, 7) is 5.99. The number of para-hydroxylation sites is 1. The SMILES string of the molecule is Cc1cccc(C)c1NC(=O)CC1CNC1. The second-order valence-electron chi connectivity index (χ2n) is 4.54. The van der Waals surface area contributed by atoms with Crippen molar-refractivity contribution in [3.63, 3.8) is 0 Å². The van der Waals surface area contributed by atoms with Gasteiger partial charge >= 0.3 is 0 Å². The van der Waals surface area contributed by atoms with E-state index in [0.29, 0.717) is 12.3 Å². The van der Waals surface area contributed by atoms with E-state index in [-0.39, 0.29) is 5.91 Å². The molecule has 1 aromatic carbocycles.